The van der Waals surface area contributed by atoms with Gasteiger partial charge in [-0.1, -0.05) is 19.3 Å². The van der Waals surface area contributed by atoms with Gasteiger partial charge in [-0.2, -0.15) is 4.98 Å². The van der Waals surface area contributed by atoms with Crippen LogP contribution in [0.1, 0.15) is 49.4 Å². The van der Waals surface area contributed by atoms with Crippen molar-refractivity contribution in [2.75, 3.05) is 10.6 Å². The monoisotopic (exact) mass is 310 g/mol. The standard InChI is InChI=1S/C18H22N4O/c1-13(23)14-7-9-16(10-8-14)21-18-19-12-11-17(22-18)20-15-5-3-2-4-6-15/h7-12,15H,2-6H2,1H3,(H2,19,20,21,22). The van der Waals surface area contributed by atoms with E-state index in [1.54, 1.807) is 25.3 Å². The van der Waals surface area contributed by atoms with Crippen molar-refractivity contribution in [2.45, 2.75) is 45.1 Å². The number of carbonyl (C=O) groups is 1. The minimum Gasteiger partial charge on any atom is -0.367 e. The van der Waals surface area contributed by atoms with Gasteiger partial charge in [0.25, 0.3) is 0 Å². The van der Waals surface area contributed by atoms with Gasteiger partial charge in [-0.3, -0.25) is 4.79 Å². The second kappa shape index (κ2) is 7.22. The number of nitrogens with zero attached hydrogens (tertiary/aromatic N) is 2. The van der Waals surface area contributed by atoms with Crippen molar-refractivity contribution in [1.82, 2.24) is 9.97 Å². The van der Waals surface area contributed by atoms with Crippen molar-refractivity contribution < 1.29 is 4.79 Å². The summed E-state index contributed by atoms with van der Waals surface area (Å²) in [5, 5.41) is 6.67. The van der Waals surface area contributed by atoms with Gasteiger partial charge in [0.15, 0.2) is 5.78 Å². The highest BCUT2D eigenvalue weighted by Crippen LogP contribution is 2.21. The highest BCUT2D eigenvalue weighted by Gasteiger charge is 2.13. The number of carbonyl (C=O) groups excluding carboxylic acids is 1. The van der Waals surface area contributed by atoms with Crippen LogP contribution in [0, 0.1) is 0 Å². The van der Waals surface area contributed by atoms with E-state index < -0.39 is 0 Å². The van der Waals surface area contributed by atoms with Crippen molar-refractivity contribution in [2.24, 2.45) is 0 Å². The molecule has 5 nitrogen and oxygen atoms in total. The molecule has 23 heavy (non-hydrogen) atoms. The van der Waals surface area contributed by atoms with Gasteiger partial charge in [0.2, 0.25) is 5.95 Å². The Morgan fingerprint density at radius 3 is 2.52 bits per heavy atom. The average Bonchev–Trinajstić information content (AvgIpc) is 2.57. The third-order valence-electron chi connectivity index (χ3n) is 4.16. The fraction of sp³-hybridized carbons (Fsp3) is 0.389. The van der Waals surface area contributed by atoms with E-state index in [2.05, 4.69) is 20.6 Å². The number of Topliss-reactive ketones (excluding diaryl/α,β-unsaturated/α-hetero) is 1. The average molecular weight is 310 g/mol. The fourth-order valence-electron chi connectivity index (χ4n) is 2.87. The molecule has 0 aliphatic heterocycles. The van der Waals surface area contributed by atoms with Gasteiger partial charge in [-0.25, -0.2) is 4.98 Å². The molecule has 1 aromatic carbocycles. The Hall–Kier alpha value is -2.43. The number of aromatic nitrogens is 2. The Morgan fingerprint density at radius 1 is 1.09 bits per heavy atom. The van der Waals surface area contributed by atoms with E-state index in [4.69, 9.17) is 0 Å². The largest absolute Gasteiger partial charge is 0.367 e. The molecule has 0 bridgehead atoms. The number of benzene rings is 1. The highest BCUT2D eigenvalue weighted by atomic mass is 16.1. The second-order valence-corrected chi connectivity index (χ2v) is 6.00. The van der Waals surface area contributed by atoms with Crippen LogP contribution in [-0.2, 0) is 0 Å². The molecular weight excluding hydrogens is 288 g/mol. The summed E-state index contributed by atoms with van der Waals surface area (Å²) in [6.45, 7) is 1.56. The molecule has 5 heteroatoms. The van der Waals surface area contributed by atoms with E-state index in [0.717, 1.165) is 11.5 Å². The Kier molecular flexibility index (Phi) is 4.86. The van der Waals surface area contributed by atoms with Crippen LogP contribution in [0.2, 0.25) is 0 Å². The van der Waals surface area contributed by atoms with E-state index in [1.165, 1.54) is 32.1 Å². The zero-order valence-corrected chi connectivity index (χ0v) is 13.4. The molecule has 0 unspecified atom stereocenters. The number of anilines is 3. The van der Waals surface area contributed by atoms with Crippen LogP contribution in [0.4, 0.5) is 17.5 Å². The first-order valence-corrected chi connectivity index (χ1v) is 8.18. The van der Waals surface area contributed by atoms with Crippen molar-refractivity contribution in [1.29, 1.82) is 0 Å². The smallest absolute Gasteiger partial charge is 0.229 e. The predicted molar refractivity (Wildman–Crippen MR) is 92.3 cm³/mol. The van der Waals surface area contributed by atoms with E-state index in [-0.39, 0.29) is 5.78 Å². The van der Waals surface area contributed by atoms with Crippen molar-refractivity contribution >= 4 is 23.2 Å². The van der Waals surface area contributed by atoms with Gasteiger partial charge in [0.05, 0.1) is 0 Å². The number of rotatable bonds is 5. The predicted octanol–water partition coefficient (Wildman–Crippen LogP) is 4.17. The first kappa shape index (κ1) is 15.5. The normalized spacial score (nSPS) is 15.2. The Balaban J connectivity index is 1.65. The van der Waals surface area contributed by atoms with E-state index in [1.807, 2.05) is 18.2 Å². The summed E-state index contributed by atoms with van der Waals surface area (Å²) in [5.41, 5.74) is 1.56. The maximum Gasteiger partial charge on any atom is 0.229 e. The minimum atomic E-state index is 0.0616. The molecule has 1 aromatic heterocycles. The lowest BCUT2D eigenvalue weighted by Gasteiger charge is -2.23. The number of hydrogen-bond donors (Lipinski definition) is 2. The zero-order valence-electron chi connectivity index (χ0n) is 13.4. The van der Waals surface area contributed by atoms with Crippen LogP contribution in [0.15, 0.2) is 36.5 Å². The summed E-state index contributed by atoms with van der Waals surface area (Å²) >= 11 is 0. The zero-order chi connectivity index (χ0) is 16.1. The molecule has 120 valence electrons. The van der Waals surface area contributed by atoms with Crippen LogP contribution in [0.3, 0.4) is 0 Å². The highest BCUT2D eigenvalue weighted by molar-refractivity contribution is 5.94. The Labute approximate surface area is 136 Å². The molecule has 1 fully saturated rings. The molecule has 0 spiro atoms. The van der Waals surface area contributed by atoms with Crippen LogP contribution < -0.4 is 10.6 Å². The third kappa shape index (κ3) is 4.28. The lowest BCUT2D eigenvalue weighted by molar-refractivity contribution is 0.101. The van der Waals surface area contributed by atoms with Crippen LogP contribution >= 0.6 is 0 Å². The molecule has 2 aromatic rings. The summed E-state index contributed by atoms with van der Waals surface area (Å²) in [4.78, 5) is 20.1. The molecule has 0 radical (unpaired) electrons. The minimum absolute atomic E-state index is 0.0616. The second-order valence-electron chi connectivity index (χ2n) is 6.00. The van der Waals surface area contributed by atoms with Crippen molar-refractivity contribution in [3.05, 3.63) is 42.1 Å². The van der Waals surface area contributed by atoms with E-state index in [0.29, 0.717) is 17.6 Å². The van der Waals surface area contributed by atoms with Gasteiger partial charge >= 0.3 is 0 Å². The Bertz CT molecular complexity index is 663. The van der Waals surface area contributed by atoms with Gasteiger partial charge < -0.3 is 10.6 Å². The summed E-state index contributed by atoms with van der Waals surface area (Å²) < 4.78 is 0. The first-order chi connectivity index (χ1) is 11.2. The van der Waals surface area contributed by atoms with Gasteiger partial charge in [-0.15, -0.1) is 0 Å². The summed E-state index contributed by atoms with van der Waals surface area (Å²) in [5.74, 6) is 1.47. The van der Waals surface area contributed by atoms with Gasteiger partial charge in [0.1, 0.15) is 5.82 Å². The molecule has 0 atom stereocenters. The van der Waals surface area contributed by atoms with E-state index >= 15 is 0 Å². The van der Waals surface area contributed by atoms with E-state index in [9.17, 15) is 4.79 Å². The topological polar surface area (TPSA) is 66.9 Å². The number of hydrogen-bond acceptors (Lipinski definition) is 5. The molecule has 2 N–H and O–H groups in total. The molecule has 0 amide bonds. The maximum absolute atomic E-state index is 11.3. The van der Waals surface area contributed by atoms with Gasteiger partial charge in [0, 0.05) is 23.5 Å². The number of nitrogens with one attached hydrogen (secondary N) is 2. The van der Waals surface area contributed by atoms with Crippen molar-refractivity contribution in [3.8, 4) is 0 Å². The molecule has 1 aliphatic rings. The maximum atomic E-state index is 11.3. The summed E-state index contributed by atoms with van der Waals surface area (Å²) in [7, 11) is 0. The third-order valence-corrected chi connectivity index (χ3v) is 4.16. The molecule has 1 heterocycles. The van der Waals surface area contributed by atoms with Crippen LogP contribution in [0.5, 0.6) is 0 Å². The first-order valence-electron chi connectivity index (χ1n) is 8.18. The SMILES string of the molecule is CC(=O)c1ccc(Nc2nccc(NC3CCCCC3)n2)cc1. The summed E-state index contributed by atoms with van der Waals surface area (Å²) in [6, 6.07) is 9.74. The fourth-order valence-corrected chi connectivity index (χ4v) is 2.87. The molecule has 0 saturated heterocycles. The molecular formula is C18H22N4O. The number of ketones is 1. The molecule has 1 aliphatic carbocycles. The Morgan fingerprint density at radius 2 is 1.83 bits per heavy atom. The van der Waals surface area contributed by atoms with Crippen LogP contribution in [0.25, 0.3) is 0 Å². The quantitative estimate of drug-likeness (QED) is 0.811. The molecule has 1 saturated carbocycles. The lowest BCUT2D eigenvalue weighted by atomic mass is 9.95. The lowest BCUT2D eigenvalue weighted by Crippen LogP contribution is -2.22. The van der Waals surface area contributed by atoms with Gasteiger partial charge in [-0.05, 0) is 50.1 Å². The van der Waals surface area contributed by atoms with Crippen LogP contribution in [-0.4, -0.2) is 21.8 Å². The summed E-state index contributed by atoms with van der Waals surface area (Å²) in [6.07, 6.45) is 8.08. The molecule has 3 rings (SSSR count). The van der Waals surface area contributed by atoms with Crippen molar-refractivity contribution in [3.63, 3.8) is 0 Å².